The van der Waals surface area contributed by atoms with Gasteiger partial charge < -0.3 is 19.5 Å². The van der Waals surface area contributed by atoms with Crippen LogP contribution in [0.1, 0.15) is 23.7 Å². The van der Waals surface area contributed by atoms with Crippen LogP contribution in [0.5, 0.6) is 11.5 Å². The van der Waals surface area contributed by atoms with Crippen LogP contribution in [0.15, 0.2) is 51.4 Å². The van der Waals surface area contributed by atoms with E-state index in [2.05, 4.69) is 36.8 Å². The first-order valence-electron chi connectivity index (χ1n) is 10.6. The zero-order valence-corrected chi connectivity index (χ0v) is 21.9. The van der Waals surface area contributed by atoms with Crippen LogP contribution in [0.4, 0.5) is 10.8 Å². The van der Waals surface area contributed by atoms with Crippen molar-refractivity contribution in [3.05, 3.63) is 63.1 Å². The number of hydrogen-bond donors (Lipinski definition) is 2. The number of anilines is 2. The number of carbonyl (C=O) groups is 2. The number of nitrogens with one attached hydrogen (secondary N) is 2. The van der Waals surface area contributed by atoms with Crippen molar-refractivity contribution < 1.29 is 23.8 Å². The summed E-state index contributed by atoms with van der Waals surface area (Å²) in [5.74, 6) is 0.259. The standard InChI is InChI=1S/C24H25BrN4O5S/c1-4-33-23(31)10-17-14-35-24(27-17)29-26-12-16-9-20(32-3)21(11-18(16)25)34-13-22(30)28-19-8-6-5-7-15(19)2/h5-9,11-12,14H,4,10,13H2,1-3H3,(H,27,29)(H,28,30). The lowest BCUT2D eigenvalue weighted by molar-refractivity contribution is -0.142. The molecule has 0 aliphatic rings. The number of amides is 1. The normalized spacial score (nSPS) is 10.7. The summed E-state index contributed by atoms with van der Waals surface area (Å²) in [7, 11) is 1.52. The summed E-state index contributed by atoms with van der Waals surface area (Å²) >= 11 is 4.83. The van der Waals surface area contributed by atoms with E-state index >= 15 is 0 Å². The number of thiazole rings is 1. The van der Waals surface area contributed by atoms with Crippen molar-refractivity contribution in [2.24, 2.45) is 5.10 Å². The van der Waals surface area contributed by atoms with Crippen LogP contribution in [0.3, 0.4) is 0 Å². The summed E-state index contributed by atoms with van der Waals surface area (Å²) in [5.41, 5.74) is 5.88. The summed E-state index contributed by atoms with van der Waals surface area (Å²) in [6, 6.07) is 11.0. The third-order valence-electron chi connectivity index (χ3n) is 4.61. The Kier molecular flexibility index (Phi) is 9.62. The third-order valence-corrected chi connectivity index (χ3v) is 6.09. The van der Waals surface area contributed by atoms with Crippen LogP contribution in [-0.2, 0) is 20.7 Å². The van der Waals surface area contributed by atoms with Crippen molar-refractivity contribution in [2.75, 3.05) is 31.1 Å². The van der Waals surface area contributed by atoms with E-state index in [0.717, 1.165) is 16.8 Å². The Morgan fingerprint density at radius 3 is 2.77 bits per heavy atom. The van der Waals surface area contributed by atoms with Gasteiger partial charge >= 0.3 is 5.97 Å². The highest BCUT2D eigenvalue weighted by Crippen LogP contribution is 2.33. The van der Waals surface area contributed by atoms with Gasteiger partial charge in [-0.2, -0.15) is 5.10 Å². The Balaban J connectivity index is 1.59. The minimum Gasteiger partial charge on any atom is -0.493 e. The fourth-order valence-corrected chi connectivity index (χ4v) is 4.01. The van der Waals surface area contributed by atoms with Gasteiger partial charge in [0.2, 0.25) is 5.13 Å². The molecule has 9 nitrogen and oxygen atoms in total. The Bertz CT molecular complexity index is 1210. The van der Waals surface area contributed by atoms with Gasteiger partial charge in [-0.05, 0) is 53.5 Å². The van der Waals surface area contributed by atoms with Gasteiger partial charge in [0.15, 0.2) is 18.1 Å². The number of aryl methyl sites for hydroxylation is 1. The first kappa shape index (κ1) is 26.2. The maximum Gasteiger partial charge on any atom is 0.311 e. The molecule has 0 aliphatic carbocycles. The predicted molar refractivity (Wildman–Crippen MR) is 140 cm³/mol. The Morgan fingerprint density at radius 1 is 1.23 bits per heavy atom. The number of methoxy groups -OCH3 is 1. The lowest BCUT2D eigenvalue weighted by Crippen LogP contribution is -2.20. The zero-order valence-electron chi connectivity index (χ0n) is 19.5. The van der Waals surface area contributed by atoms with E-state index in [4.69, 9.17) is 14.2 Å². The summed E-state index contributed by atoms with van der Waals surface area (Å²) < 4.78 is 16.7. The molecule has 0 saturated heterocycles. The molecule has 2 N–H and O–H groups in total. The van der Waals surface area contributed by atoms with E-state index in [0.29, 0.717) is 33.4 Å². The van der Waals surface area contributed by atoms with Gasteiger partial charge in [0.05, 0.1) is 32.0 Å². The molecule has 1 heterocycles. The van der Waals surface area contributed by atoms with Gasteiger partial charge in [-0.1, -0.05) is 18.2 Å². The molecule has 1 aromatic heterocycles. The fraction of sp³-hybridized carbons (Fsp3) is 0.250. The maximum absolute atomic E-state index is 12.3. The average Bonchev–Trinajstić information content (AvgIpc) is 3.27. The average molecular weight is 561 g/mol. The minimum atomic E-state index is -0.321. The van der Waals surface area contributed by atoms with Crippen molar-refractivity contribution in [3.63, 3.8) is 0 Å². The lowest BCUT2D eigenvalue weighted by Gasteiger charge is -2.13. The largest absolute Gasteiger partial charge is 0.493 e. The van der Waals surface area contributed by atoms with E-state index in [1.165, 1.54) is 18.4 Å². The molecule has 1 amide bonds. The van der Waals surface area contributed by atoms with Crippen molar-refractivity contribution in [3.8, 4) is 11.5 Å². The van der Waals surface area contributed by atoms with Gasteiger partial charge in [0.25, 0.3) is 5.91 Å². The molecule has 11 heteroatoms. The Hall–Kier alpha value is -3.44. The number of ether oxygens (including phenoxy) is 3. The summed E-state index contributed by atoms with van der Waals surface area (Å²) in [4.78, 5) is 28.2. The number of hydrogen-bond acceptors (Lipinski definition) is 9. The summed E-state index contributed by atoms with van der Waals surface area (Å²) in [5, 5.41) is 9.35. The van der Waals surface area contributed by atoms with Gasteiger partial charge in [-0.3, -0.25) is 15.0 Å². The topological polar surface area (TPSA) is 111 Å². The Labute approximate surface area is 215 Å². The van der Waals surface area contributed by atoms with Crippen LogP contribution in [-0.4, -0.2) is 43.4 Å². The molecule has 2 aromatic carbocycles. The van der Waals surface area contributed by atoms with Gasteiger partial charge in [0, 0.05) is 21.1 Å². The molecular weight excluding hydrogens is 536 g/mol. The Morgan fingerprint density at radius 2 is 2.03 bits per heavy atom. The predicted octanol–water partition coefficient (Wildman–Crippen LogP) is 4.79. The first-order chi connectivity index (χ1) is 16.9. The second kappa shape index (κ2) is 12.9. The molecular formula is C24H25BrN4O5S. The molecule has 0 saturated carbocycles. The second-order valence-corrected chi connectivity index (χ2v) is 8.88. The lowest BCUT2D eigenvalue weighted by atomic mass is 10.2. The van der Waals surface area contributed by atoms with Crippen molar-refractivity contribution in [2.45, 2.75) is 20.3 Å². The monoisotopic (exact) mass is 560 g/mol. The molecule has 3 aromatic rings. The van der Waals surface area contributed by atoms with Crippen LogP contribution >= 0.6 is 27.3 Å². The molecule has 3 rings (SSSR count). The van der Waals surface area contributed by atoms with E-state index in [-0.39, 0.29) is 24.9 Å². The number of para-hydroxylation sites is 1. The summed E-state index contributed by atoms with van der Waals surface area (Å²) in [6.45, 7) is 3.84. The zero-order chi connectivity index (χ0) is 25.2. The number of halogens is 1. The molecule has 35 heavy (non-hydrogen) atoms. The van der Waals surface area contributed by atoms with Crippen molar-refractivity contribution in [1.29, 1.82) is 0 Å². The number of benzene rings is 2. The van der Waals surface area contributed by atoms with E-state index < -0.39 is 0 Å². The number of aromatic nitrogens is 1. The third kappa shape index (κ3) is 7.79. The SMILES string of the molecule is CCOC(=O)Cc1csc(NN=Cc2cc(OC)c(OCC(=O)Nc3ccccc3C)cc2Br)n1. The molecule has 0 radical (unpaired) electrons. The molecule has 0 atom stereocenters. The van der Waals surface area contributed by atoms with Crippen molar-refractivity contribution >= 4 is 56.2 Å². The number of carbonyl (C=O) groups excluding carboxylic acids is 2. The van der Waals surface area contributed by atoms with E-state index in [9.17, 15) is 9.59 Å². The smallest absolute Gasteiger partial charge is 0.311 e. The van der Waals surface area contributed by atoms with Gasteiger partial charge in [-0.15, -0.1) is 11.3 Å². The molecule has 0 unspecified atom stereocenters. The number of hydrazone groups is 1. The van der Waals surface area contributed by atoms with E-state index in [1.807, 2.05) is 31.2 Å². The molecule has 0 spiro atoms. The number of nitrogens with zero attached hydrogens (tertiary/aromatic N) is 2. The first-order valence-corrected chi connectivity index (χ1v) is 12.3. The maximum atomic E-state index is 12.3. The highest BCUT2D eigenvalue weighted by atomic mass is 79.9. The molecule has 0 aliphatic heterocycles. The minimum absolute atomic E-state index is 0.114. The van der Waals surface area contributed by atoms with E-state index in [1.54, 1.807) is 30.7 Å². The van der Waals surface area contributed by atoms with Gasteiger partial charge in [-0.25, -0.2) is 4.98 Å². The number of rotatable bonds is 11. The van der Waals surface area contributed by atoms with Crippen LogP contribution < -0.4 is 20.2 Å². The fourth-order valence-electron chi connectivity index (χ4n) is 2.92. The van der Waals surface area contributed by atoms with Gasteiger partial charge in [0.1, 0.15) is 0 Å². The molecule has 0 fully saturated rings. The second-order valence-electron chi connectivity index (χ2n) is 7.17. The van der Waals surface area contributed by atoms with Crippen molar-refractivity contribution in [1.82, 2.24) is 4.98 Å². The van der Waals surface area contributed by atoms with Crippen LogP contribution in [0.2, 0.25) is 0 Å². The molecule has 184 valence electrons. The quantitative estimate of drug-likeness (QED) is 0.197. The molecule has 0 bridgehead atoms. The van der Waals surface area contributed by atoms with Crippen LogP contribution in [0, 0.1) is 6.92 Å². The number of esters is 1. The highest BCUT2D eigenvalue weighted by molar-refractivity contribution is 9.10. The summed E-state index contributed by atoms with van der Waals surface area (Å²) in [6.07, 6.45) is 1.70. The highest BCUT2D eigenvalue weighted by Gasteiger charge is 2.13. The van der Waals surface area contributed by atoms with Crippen LogP contribution in [0.25, 0.3) is 0 Å².